The van der Waals surface area contributed by atoms with E-state index < -0.39 is 0 Å². The number of hydrogen-bond donors (Lipinski definition) is 1. The van der Waals surface area contributed by atoms with Crippen molar-refractivity contribution < 1.29 is 4.39 Å². The van der Waals surface area contributed by atoms with Crippen molar-refractivity contribution in [3.63, 3.8) is 0 Å². The van der Waals surface area contributed by atoms with E-state index in [2.05, 4.69) is 12.2 Å². The average Bonchev–Trinajstić information content (AvgIpc) is 2.97. The lowest BCUT2D eigenvalue weighted by molar-refractivity contribution is 0.495. The van der Waals surface area contributed by atoms with E-state index in [4.69, 9.17) is 0 Å². The van der Waals surface area contributed by atoms with Gasteiger partial charge in [-0.3, -0.25) is 0 Å². The van der Waals surface area contributed by atoms with Gasteiger partial charge < -0.3 is 5.32 Å². The quantitative estimate of drug-likeness (QED) is 0.775. The first-order chi connectivity index (χ1) is 6.75. The Balaban J connectivity index is 1.84. The van der Waals surface area contributed by atoms with Crippen molar-refractivity contribution in [2.24, 2.45) is 5.92 Å². The van der Waals surface area contributed by atoms with Crippen molar-refractivity contribution in [2.75, 3.05) is 0 Å². The number of nitrogens with one attached hydrogen (secondary N) is 1. The highest BCUT2D eigenvalue weighted by Gasteiger charge is 2.27. The minimum atomic E-state index is -0.150. The smallest absolute Gasteiger partial charge is 0.123 e. The highest BCUT2D eigenvalue weighted by atomic mass is 19.1. The molecule has 1 atom stereocenters. The number of rotatable bonds is 4. The van der Waals surface area contributed by atoms with Gasteiger partial charge in [-0.25, -0.2) is 4.39 Å². The molecule has 0 aliphatic heterocycles. The van der Waals surface area contributed by atoms with Crippen LogP contribution in [0.5, 0.6) is 0 Å². The second kappa shape index (κ2) is 4.09. The molecule has 1 nitrogen and oxygen atoms in total. The Kier molecular flexibility index (Phi) is 2.82. The third-order valence-corrected chi connectivity index (χ3v) is 2.85. The van der Waals surface area contributed by atoms with E-state index >= 15 is 0 Å². The topological polar surface area (TPSA) is 12.0 Å². The van der Waals surface area contributed by atoms with Crippen LogP contribution in [0, 0.1) is 11.7 Å². The molecular formula is C12H16FN. The molecule has 1 aliphatic carbocycles. The number of benzene rings is 1. The van der Waals surface area contributed by atoms with Crippen molar-refractivity contribution in [2.45, 2.75) is 32.4 Å². The van der Waals surface area contributed by atoms with Gasteiger partial charge in [-0.1, -0.05) is 12.1 Å². The summed E-state index contributed by atoms with van der Waals surface area (Å²) in [6, 6.07) is 7.35. The van der Waals surface area contributed by atoms with Crippen LogP contribution in [0.4, 0.5) is 4.39 Å². The highest BCUT2D eigenvalue weighted by molar-refractivity contribution is 5.16. The lowest BCUT2D eigenvalue weighted by Crippen LogP contribution is -2.27. The van der Waals surface area contributed by atoms with Gasteiger partial charge in [-0.15, -0.1) is 0 Å². The molecule has 0 spiro atoms. The molecule has 1 aliphatic rings. The molecule has 2 heteroatoms. The first kappa shape index (κ1) is 9.66. The van der Waals surface area contributed by atoms with Crippen LogP contribution < -0.4 is 5.32 Å². The van der Waals surface area contributed by atoms with Crippen LogP contribution in [-0.2, 0) is 6.54 Å². The summed E-state index contributed by atoms with van der Waals surface area (Å²) in [5.74, 6) is 0.701. The van der Waals surface area contributed by atoms with Gasteiger partial charge in [0, 0.05) is 12.6 Å². The molecule has 1 aromatic rings. The highest BCUT2D eigenvalue weighted by Crippen LogP contribution is 2.32. The van der Waals surface area contributed by atoms with Gasteiger partial charge in [-0.05, 0) is 43.4 Å². The standard InChI is InChI=1S/C12H16FN/c1-9(11-5-6-11)14-8-10-3-2-4-12(13)7-10/h2-4,7,9,11,14H,5-6,8H2,1H3/t9-/m0/s1. The fraction of sp³-hybridized carbons (Fsp3) is 0.500. The predicted molar refractivity (Wildman–Crippen MR) is 55.4 cm³/mol. The van der Waals surface area contributed by atoms with Crippen molar-refractivity contribution in [3.05, 3.63) is 35.6 Å². The third-order valence-electron chi connectivity index (χ3n) is 2.85. The van der Waals surface area contributed by atoms with E-state index in [1.165, 1.54) is 18.9 Å². The monoisotopic (exact) mass is 193 g/mol. The normalized spacial score (nSPS) is 18.1. The predicted octanol–water partition coefficient (Wildman–Crippen LogP) is 2.71. The molecule has 0 radical (unpaired) electrons. The average molecular weight is 193 g/mol. The second-order valence-corrected chi connectivity index (χ2v) is 4.14. The molecule has 0 amide bonds. The van der Waals surface area contributed by atoms with Gasteiger partial charge in [0.15, 0.2) is 0 Å². The molecule has 76 valence electrons. The zero-order chi connectivity index (χ0) is 9.97. The molecule has 1 N–H and O–H groups in total. The Labute approximate surface area is 84.3 Å². The summed E-state index contributed by atoms with van der Waals surface area (Å²) < 4.78 is 12.8. The molecule has 1 aromatic carbocycles. The maximum absolute atomic E-state index is 12.8. The van der Waals surface area contributed by atoms with E-state index in [9.17, 15) is 4.39 Å². The molecule has 0 aromatic heterocycles. The van der Waals surface area contributed by atoms with Gasteiger partial charge in [0.1, 0.15) is 5.82 Å². The Hall–Kier alpha value is -0.890. The lowest BCUT2D eigenvalue weighted by Gasteiger charge is -2.12. The summed E-state index contributed by atoms with van der Waals surface area (Å²) >= 11 is 0. The van der Waals surface area contributed by atoms with Gasteiger partial charge in [0.05, 0.1) is 0 Å². The summed E-state index contributed by atoms with van der Waals surface area (Å²) in [5, 5.41) is 3.42. The second-order valence-electron chi connectivity index (χ2n) is 4.14. The van der Waals surface area contributed by atoms with Crippen LogP contribution in [0.2, 0.25) is 0 Å². The Morgan fingerprint density at radius 2 is 2.29 bits per heavy atom. The minimum absolute atomic E-state index is 0.150. The van der Waals surface area contributed by atoms with Crippen LogP contribution >= 0.6 is 0 Å². The van der Waals surface area contributed by atoms with E-state index in [1.54, 1.807) is 12.1 Å². The van der Waals surface area contributed by atoms with Crippen molar-refractivity contribution >= 4 is 0 Å². The van der Waals surface area contributed by atoms with Crippen molar-refractivity contribution in [1.29, 1.82) is 0 Å². The zero-order valence-corrected chi connectivity index (χ0v) is 8.46. The van der Waals surface area contributed by atoms with Gasteiger partial charge in [-0.2, -0.15) is 0 Å². The molecule has 2 rings (SSSR count). The lowest BCUT2D eigenvalue weighted by atomic mass is 10.2. The van der Waals surface area contributed by atoms with Gasteiger partial charge in [0.2, 0.25) is 0 Å². The fourth-order valence-electron chi connectivity index (χ4n) is 1.69. The van der Waals surface area contributed by atoms with E-state index in [1.807, 2.05) is 6.07 Å². The number of halogens is 1. The Morgan fingerprint density at radius 1 is 1.50 bits per heavy atom. The molecule has 0 saturated heterocycles. The first-order valence-electron chi connectivity index (χ1n) is 5.23. The summed E-state index contributed by atoms with van der Waals surface area (Å²) in [4.78, 5) is 0. The molecule has 0 unspecified atom stereocenters. The summed E-state index contributed by atoms with van der Waals surface area (Å²) in [6.45, 7) is 2.98. The SMILES string of the molecule is C[C@H](NCc1cccc(F)c1)C1CC1. The van der Waals surface area contributed by atoms with Crippen LogP contribution in [-0.4, -0.2) is 6.04 Å². The van der Waals surface area contributed by atoms with E-state index in [0.29, 0.717) is 6.04 Å². The van der Waals surface area contributed by atoms with E-state index in [-0.39, 0.29) is 5.82 Å². The molecule has 0 bridgehead atoms. The van der Waals surface area contributed by atoms with Crippen LogP contribution in [0.15, 0.2) is 24.3 Å². The summed E-state index contributed by atoms with van der Waals surface area (Å²) in [6.07, 6.45) is 2.69. The van der Waals surface area contributed by atoms with E-state index in [0.717, 1.165) is 18.0 Å². The fourth-order valence-corrected chi connectivity index (χ4v) is 1.69. The van der Waals surface area contributed by atoms with Crippen LogP contribution in [0.1, 0.15) is 25.3 Å². The molecular weight excluding hydrogens is 177 g/mol. The molecule has 0 heterocycles. The van der Waals surface area contributed by atoms with Crippen molar-refractivity contribution in [1.82, 2.24) is 5.32 Å². The first-order valence-corrected chi connectivity index (χ1v) is 5.23. The minimum Gasteiger partial charge on any atom is -0.310 e. The summed E-state index contributed by atoms with van der Waals surface area (Å²) in [5.41, 5.74) is 1.03. The molecule has 1 fully saturated rings. The van der Waals surface area contributed by atoms with Gasteiger partial charge >= 0.3 is 0 Å². The largest absolute Gasteiger partial charge is 0.310 e. The summed E-state index contributed by atoms with van der Waals surface area (Å²) in [7, 11) is 0. The molecule has 14 heavy (non-hydrogen) atoms. The molecule has 1 saturated carbocycles. The Morgan fingerprint density at radius 3 is 2.93 bits per heavy atom. The maximum atomic E-state index is 12.8. The van der Waals surface area contributed by atoms with Crippen LogP contribution in [0.25, 0.3) is 0 Å². The van der Waals surface area contributed by atoms with Gasteiger partial charge in [0.25, 0.3) is 0 Å². The number of hydrogen-bond acceptors (Lipinski definition) is 1. The van der Waals surface area contributed by atoms with Crippen LogP contribution in [0.3, 0.4) is 0 Å². The Bertz CT molecular complexity index is 307. The maximum Gasteiger partial charge on any atom is 0.123 e. The van der Waals surface area contributed by atoms with Crippen molar-refractivity contribution in [3.8, 4) is 0 Å². The third kappa shape index (κ3) is 2.55. The zero-order valence-electron chi connectivity index (χ0n) is 8.46.